The molecule has 0 bridgehead atoms. The van der Waals surface area contributed by atoms with E-state index >= 15 is 0 Å². The van der Waals surface area contributed by atoms with E-state index in [0.717, 1.165) is 48.1 Å². The van der Waals surface area contributed by atoms with Gasteiger partial charge in [-0.2, -0.15) is 0 Å². The minimum absolute atomic E-state index is 0.0395. The van der Waals surface area contributed by atoms with Gasteiger partial charge in [-0.25, -0.2) is 0 Å². The van der Waals surface area contributed by atoms with Crippen molar-refractivity contribution in [2.45, 2.75) is 51.3 Å². The highest BCUT2D eigenvalue weighted by Crippen LogP contribution is 2.33. The minimum Gasteiger partial charge on any atom is -0.391 e. The number of benzene rings is 2. The number of aryl methyl sites for hydroxylation is 2. The number of hydrogen-bond acceptors (Lipinski definition) is 4. The lowest BCUT2D eigenvalue weighted by molar-refractivity contribution is 0.0479. The summed E-state index contributed by atoms with van der Waals surface area (Å²) in [5, 5.41) is 18.4. The van der Waals surface area contributed by atoms with Crippen LogP contribution in [0, 0.1) is 6.92 Å². The second kappa shape index (κ2) is 7.36. The molecule has 1 aliphatic carbocycles. The number of rotatable bonds is 4. The highest BCUT2D eigenvalue weighted by Gasteiger charge is 2.38. The molecule has 1 fully saturated rings. The van der Waals surface area contributed by atoms with Crippen molar-refractivity contribution in [2.24, 2.45) is 7.05 Å². The van der Waals surface area contributed by atoms with Crippen LogP contribution in [0.5, 0.6) is 0 Å². The van der Waals surface area contributed by atoms with Gasteiger partial charge >= 0.3 is 0 Å². The van der Waals surface area contributed by atoms with Gasteiger partial charge in [0.1, 0.15) is 5.69 Å². The van der Waals surface area contributed by atoms with Crippen molar-refractivity contribution in [1.29, 1.82) is 0 Å². The Labute approximate surface area is 176 Å². The molecule has 0 saturated heterocycles. The Balaban J connectivity index is 1.37. The molecule has 30 heavy (non-hydrogen) atoms. The number of aliphatic hydroxyl groups is 1. The second-order valence-electron chi connectivity index (χ2n) is 8.59. The van der Waals surface area contributed by atoms with Gasteiger partial charge in [-0.3, -0.25) is 9.48 Å². The maximum Gasteiger partial charge on any atom is 0.254 e. The number of aromatic nitrogens is 3. The predicted molar refractivity (Wildman–Crippen MR) is 114 cm³/mol. The van der Waals surface area contributed by atoms with Crippen molar-refractivity contribution in [3.63, 3.8) is 0 Å². The molecule has 154 valence electrons. The van der Waals surface area contributed by atoms with E-state index in [-0.39, 0.29) is 11.9 Å². The summed E-state index contributed by atoms with van der Waals surface area (Å²) in [5.41, 5.74) is 7.34. The first-order valence-corrected chi connectivity index (χ1v) is 10.6. The third-order valence-electron chi connectivity index (χ3n) is 6.48. The summed E-state index contributed by atoms with van der Waals surface area (Å²) in [5.74, 6) is 0.0650. The number of hydrogen-bond donors (Lipinski definition) is 1. The Hall–Kier alpha value is -2.99. The van der Waals surface area contributed by atoms with E-state index in [1.165, 1.54) is 16.7 Å². The summed E-state index contributed by atoms with van der Waals surface area (Å²) in [7, 11) is 1.86. The van der Waals surface area contributed by atoms with E-state index in [2.05, 4.69) is 53.6 Å². The first kappa shape index (κ1) is 19.0. The van der Waals surface area contributed by atoms with Crippen LogP contribution in [-0.2, 0) is 20.0 Å². The van der Waals surface area contributed by atoms with Crippen molar-refractivity contribution >= 4 is 5.91 Å². The van der Waals surface area contributed by atoms with Gasteiger partial charge in [-0.05, 0) is 60.9 Å². The third-order valence-corrected chi connectivity index (χ3v) is 6.48. The smallest absolute Gasteiger partial charge is 0.254 e. The molecule has 0 radical (unpaired) electrons. The van der Waals surface area contributed by atoms with E-state index < -0.39 is 6.10 Å². The third kappa shape index (κ3) is 3.31. The zero-order valence-electron chi connectivity index (χ0n) is 17.4. The summed E-state index contributed by atoms with van der Waals surface area (Å²) in [6.07, 6.45) is 4.96. The van der Waals surface area contributed by atoms with Crippen LogP contribution in [0.15, 0.2) is 42.6 Å². The molecule has 6 heteroatoms. The molecule has 2 aliphatic rings. The molecule has 0 unspecified atom stereocenters. The maximum absolute atomic E-state index is 13.0. The Bertz CT molecular complexity index is 1100. The van der Waals surface area contributed by atoms with Crippen LogP contribution in [0.3, 0.4) is 0 Å². The van der Waals surface area contributed by atoms with E-state index in [1.807, 2.05) is 18.1 Å². The van der Waals surface area contributed by atoms with Gasteiger partial charge in [0.05, 0.1) is 18.3 Å². The van der Waals surface area contributed by atoms with Crippen molar-refractivity contribution in [2.75, 3.05) is 0 Å². The van der Waals surface area contributed by atoms with Crippen LogP contribution in [0.1, 0.15) is 51.9 Å². The Morgan fingerprint density at radius 1 is 1.17 bits per heavy atom. The SMILES string of the molecule is Cc1cc2c(cc1Cc1ccc(-c3cn(C)nn3)cc1)C(=O)N([C@H]1CCC[C@@H]1O)C2. The van der Waals surface area contributed by atoms with E-state index in [4.69, 9.17) is 0 Å². The molecule has 2 heterocycles. The Morgan fingerprint density at radius 2 is 1.97 bits per heavy atom. The van der Waals surface area contributed by atoms with Gasteiger partial charge in [0.15, 0.2) is 0 Å². The number of carbonyl (C=O) groups excluding carboxylic acids is 1. The molecular weight excluding hydrogens is 376 g/mol. The molecule has 3 aromatic rings. The molecule has 1 aromatic heterocycles. The lowest BCUT2D eigenvalue weighted by Gasteiger charge is -2.26. The van der Waals surface area contributed by atoms with Crippen LogP contribution in [0.25, 0.3) is 11.3 Å². The van der Waals surface area contributed by atoms with Crippen molar-refractivity contribution in [3.8, 4) is 11.3 Å². The molecule has 2 atom stereocenters. The van der Waals surface area contributed by atoms with E-state index in [0.29, 0.717) is 6.54 Å². The van der Waals surface area contributed by atoms with Gasteiger partial charge in [-0.1, -0.05) is 35.5 Å². The zero-order valence-corrected chi connectivity index (χ0v) is 17.4. The first-order valence-electron chi connectivity index (χ1n) is 10.6. The van der Waals surface area contributed by atoms with Gasteiger partial charge in [0.25, 0.3) is 5.91 Å². The summed E-state index contributed by atoms with van der Waals surface area (Å²) >= 11 is 0. The summed E-state index contributed by atoms with van der Waals surface area (Å²) in [4.78, 5) is 14.9. The normalized spacial score (nSPS) is 20.8. The van der Waals surface area contributed by atoms with E-state index in [1.54, 1.807) is 4.68 Å². The lowest BCUT2D eigenvalue weighted by Crippen LogP contribution is -2.40. The summed E-state index contributed by atoms with van der Waals surface area (Å²) in [6, 6.07) is 12.5. The lowest BCUT2D eigenvalue weighted by atomic mass is 9.95. The molecule has 0 spiro atoms. The molecule has 1 amide bonds. The standard InChI is InChI=1S/C24H26N4O2/c1-15-10-19-13-28(22-4-3-5-23(22)29)24(30)20(19)12-18(15)11-16-6-8-17(9-7-16)21-14-27(2)26-25-21/h6-10,12,14,22-23,29H,3-5,11,13H2,1-2H3/t22-,23-/m0/s1. The van der Waals surface area contributed by atoms with Crippen LogP contribution in [0.2, 0.25) is 0 Å². The molecule has 1 aliphatic heterocycles. The molecule has 1 saturated carbocycles. The average Bonchev–Trinajstić information content (AvgIpc) is 3.43. The predicted octanol–water partition coefficient (Wildman–Crippen LogP) is 3.25. The quantitative estimate of drug-likeness (QED) is 0.727. The fourth-order valence-electron chi connectivity index (χ4n) is 4.79. The monoisotopic (exact) mass is 402 g/mol. The molecule has 5 rings (SSSR count). The zero-order chi connectivity index (χ0) is 20.8. The summed E-state index contributed by atoms with van der Waals surface area (Å²) < 4.78 is 1.70. The highest BCUT2D eigenvalue weighted by molar-refractivity contribution is 5.99. The minimum atomic E-state index is -0.392. The fraction of sp³-hybridized carbons (Fsp3) is 0.375. The first-order chi connectivity index (χ1) is 14.5. The number of aliphatic hydroxyl groups excluding tert-OH is 1. The van der Waals surface area contributed by atoms with Crippen molar-refractivity contribution in [3.05, 3.63) is 70.4 Å². The van der Waals surface area contributed by atoms with Crippen LogP contribution < -0.4 is 0 Å². The molecule has 6 nitrogen and oxygen atoms in total. The van der Waals surface area contributed by atoms with Crippen LogP contribution in [-0.4, -0.2) is 43.1 Å². The topological polar surface area (TPSA) is 71.2 Å². The van der Waals surface area contributed by atoms with Gasteiger partial charge in [-0.15, -0.1) is 5.10 Å². The number of amides is 1. The molecule has 1 N–H and O–H groups in total. The summed E-state index contributed by atoms with van der Waals surface area (Å²) in [6.45, 7) is 2.73. The second-order valence-corrected chi connectivity index (χ2v) is 8.59. The average molecular weight is 402 g/mol. The van der Waals surface area contributed by atoms with Gasteiger partial charge in [0.2, 0.25) is 0 Å². The Morgan fingerprint density at radius 3 is 2.63 bits per heavy atom. The highest BCUT2D eigenvalue weighted by atomic mass is 16.3. The van der Waals surface area contributed by atoms with Gasteiger partial charge < -0.3 is 10.0 Å². The van der Waals surface area contributed by atoms with Crippen molar-refractivity contribution in [1.82, 2.24) is 19.9 Å². The molecular formula is C24H26N4O2. The number of fused-ring (bicyclic) bond motifs is 1. The number of carbonyl (C=O) groups is 1. The van der Waals surface area contributed by atoms with Crippen LogP contribution in [0.4, 0.5) is 0 Å². The van der Waals surface area contributed by atoms with E-state index in [9.17, 15) is 9.90 Å². The maximum atomic E-state index is 13.0. The number of nitrogens with zero attached hydrogens (tertiary/aromatic N) is 4. The van der Waals surface area contributed by atoms with Crippen LogP contribution >= 0.6 is 0 Å². The fourth-order valence-corrected chi connectivity index (χ4v) is 4.79. The van der Waals surface area contributed by atoms with Gasteiger partial charge in [0, 0.05) is 24.7 Å². The Kier molecular flexibility index (Phi) is 4.66. The van der Waals surface area contributed by atoms with Crippen molar-refractivity contribution < 1.29 is 9.90 Å². The molecule has 2 aromatic carbocycles. The largest absolute Gasteiger partial charge is 0.391 e.